The molecule has 1 aromatic carbocycles. The number of ether oxygens (including phenoxy) is 3. The van der Waals surface area contributed by atoms with Crippen LogP contribution in [0.1, 0.15) is 26.2 Å². The van der Waals surface area contributed by atoms with Crippen molar-refractivity contribution in [2.75, 3.05) is 26.6 Å². The second-order valence-electron chi connectivity index (χ2n) is 4.72. The van der Waals surface area contributed by atoms with E-state index in [0.717, 1.165) is 12.8 Å². The molecule has 0 saturated heterocycles. The van der Waals surface area contributed by atoms with E-state index in [2.05, 4.69) is 5.32 Å². The van der Waals surface area contributed by atoms with Crippen LogP contribution in [0.5, 0.6) is 17.2 Å². The number of benzene rings is 1. The van der Waals surface area contributed by atoms with Crippen LogP contribution >= 0.6 is 0 Å². The number of hydrogen-bond acceptors (Lipinski definition) is 5. The molecule has 1 aromatic rings. The zero-order chi connectivity index (χ0) is 15.8. The monoisotopic (exact) mass is 296 g/mol. The minimum Gasteiger partial charge on any atom is -0.493 e. The first-order valence-electron chi connectivity index (χ1n) is 6.91. The van der Waals surface area contributed by atoms with Gasteiger partial charge in [-0.15, -0.1) is 0 Å². The molecule has 0 radical (unpaired) electrons. The summed E-state index contributed by atoms with van der Waals surface area (Å²) in [5, 5.41) is 2.80. The zero-order valence-electron chi connectivity index (χ0n) is 13.1. The summed E-state index contributed by atoms with van der Waals surface area (Å²) in [7, 11) is 4.59. The Morgan fingerprint density at radius 3 is 2.19 bits per heavy atom. The average molecular weight is 296 g/mol. The van der Waals surface area contributed by atoms with Gasteiger partial charge in [0.15, 0.2) is 11.5 Å². The molecule has 6 nitrogen and oxygen atoms in total. The van der Waals surface area contributed by atoms with Gasteiger partial charge in [0.25, 0.3) is 0 Å². The summed E-state index contributed by atoms with van der Waals surface area (Å²) in [5.41, 5.74) is 6.45. The summed E-state index contributed by atoms with van der Waals surface area (Å²) in [6.45, 7) is 2.04. The van der Waals surface area contributed by atoms with Crippen LogP contribution in [0.4, 0.5) is 5.69 Å². The molecule has 1 amide bonds. The van der Waals surface area contributed by atoms with Crippen molar-refractivity contribution in [3.05, 3.63) is 12.1 Å². The van der Waals surface area contributed by atoms with Crippen LogP contribution in [0.15, 0.2) is 12.1 Å². The van der Waals surface area contributed by atoms with E-state index in [4.69, 9.17) is 19.9 Å². The Morgan fingerprint density at radius 1 is 1.19 bits per heavy atom. The molecule has 0 aliphatic rings. The number of carbonyl (C=O) groups is 1. The highest BCUT2D eigenvalue weighted by Crippen LogP contribution is 2.39. The van der Waals surface area contributed by atoms with Gasteiger partial charge in [-0.3, -0.25) is 4.79 Å². The molecule has 1 unspecified atom stereocenters. The summed E-state index contributed by atoms with van der Waals surface area (Å²) in [4.78, 5) is 11.9. The van der Waals surface area contributed by atoms with Crippen LogP contribution in [0, 0.1) is 0 Å². The predicted octanol–water partition coefficient (Wildman–Crippen LogP) is 2.17. The van der Waals surface area contributed by atoms with Gasteiger partial charge < -0.3 is 25.3 Å². The van der Waals surface area contributed by atoms with Crippen molar-refractivity contribution in [1.29, 1.82) is 0 Å². The van der Waals surface area contributed by atoms with Gasteiger partial charge >= 0.3 is 0 Å². The molecule has 6 heteroatoms. The number of anilines is 1. The summed E-state index contributed by atoms with van der Waals surface area (Å²) in [6, 6.07) is 3.24. The Balaban J connectivity index is 2.86. The molecule has 0 bridgehead atoms. The van der Waals surface area contributed by atoms with Crippen molar-refractivity contribution in [2.45, 2.75) is 32.2 Å². The molecule has 0 saturated carbocycles. The van der Waals surface area contributed by atoms with Crippen molar-refractivity contribution in [3.63, 3.8) is 0 Å². The number of carbonyl (C=O) groups excluding carboxylic acids is 1. The largest absolute Gasteiger partial charge is 0.493 e. The molecule has 1 atom stereocenters. The Labute approximate surface area is 125 Å². The lowest BCUT2D eigenvalue weighted by Gasteiger charge is -2.15. The van der Waals surface area contributed by atoms with E-state index in [1.165, 1.54) is 21.3 Å². The van der Waals surface area contributed by atoms with Gasteiger partial charge in [0, 0.05) is 30.3 Å². The Bertz CT molecular complexity index is 452. The first-order chi connectivity index (χ1) is 10.0. The van der Waals surface area contributed by atoms with Gasteiger partial charge in [-0.2, -0.15) is 0 Å². The maximum atomic E-state index is 11.9. The third-order valence-electron chi connectivity index (χ3n) is 3.06. The third kappa shape index (κ3) is 4.82. The molecule has 0 aliphatic carbocycles. The number of rotatable bonds is 8. The fraction of sp³-hybridized carbons (Fsp3) is 0.533. The topological polar surface area (TPSA) is 82.8 Å². The number of nitrogens with one attached hydrogen (secondary N) is 1. The maximum Gasteiger partial charge on any atom is 0.225 e. The lowest BCUT2D eigenvalue weighted by molar-refractivity contribution is -0.116. The van der Waals surface area contributed by atoms with E-state index < -0.39 is 0 Å². The van der Waals surface area contributed by atoms with Crippen LogP contribution in [-0.4, -0.2) is 33.3 Å². The first-order valence-corrected chi connectivity index (χ1v) is 6.91. The Kier molecular flexibility index (Phi) is 6.81. The van der Waals surface area contributed by atoms with Gasteiger partial charge in [0.05, 0.1) is 21.3 Å². The summed E-state index contributed by atoms with van der Waals surface area (Å²) in [5.74, 6) is 1.33. The van der Waals surface area contributed by atoms with Crippen LogP contribution in [0.25, 0.3) is 0 Å². The van der Waals surface area contributed by atoms with Crippen molar-refractivity contribution < 1.29 is 19.0 Å². The van der Waals surface area contributed by atoms with Gasteiger partial charge in [-0.1, -0.05) is 13.3 Å². The van der Waals surface area contributed by atoms with Crippen LogP contribution < -0.4 is 25.3 Å². The predicted molar refractivity (Wildman–Crippen MR) is 82.2 cm³/mol. The highest BCUT2D eigenvalue weighted by molar-refractivity contribution is 5.91. The molecule has 0 spiro atoms. The van der Waals surface area contributed by atoms with Crippen molar-refractivity contribution in [3.8, 4) is 17.2 Å². The zero-order valence-corrected chi connectivity index (χ0v) is 13.1. The first kappa shape index (κ1) is 17.1. The molecule has 1 rings (SSSR count). The van der Waals surface area contributed by atoms with Crippen molar-refractivity contribution in [1.82, 2.24) is 0 Å². The smallest absolute Gasteiger partial charge is 0.225 e. The fourth-order valence-corrected chi connectivity index (χ4v) is 2.08. The quantitative estimate of drug-likeness (QED) is 0.768. The summed E-state index contributed by atoms with van der Waals surface area (Å²) >= 11 is 0. The molecule has 0 fully saturated rings. The molecular weight excluding hydrogens is 272 g/mol. The number of nitrogens with two attached hydrogens (primary N) is 1. The molecule has 0 aliphatic heterocycles. The molecule has 0 heterocycles. The van der Waals surface area contributed by atoms with E-state index in [1.54, 1.807) is 12.1 Å². The molecule has 3 N–H and O–H groups in total. The second-order valence-corrected chi connectivity index (χ2v) is 4.72. The number of amides is 1. The Morgan fingerprint density at radius 2 is 1.76 bits per heavy atom. The van der Waals surface area contributed by atoms with Gasteiger partial charge in [-0.25, -0.2) is 0 Å². The van der Waals surface area contributed by atoms with E-state index in [1.807, 2.05) is 6.92 Å². The summed E-state index contributed by atoms with van der Waals surface area (Å²) in [6.07, 6.45) is 2.06. The number of methoxy groups -OCH3 is 3. The lowest BCUT2D eigenvalue weighted by atomic mass is 10.1. The van der Waals surface area contributed by atoms with E-state index in [9.17, 15) is 4.79 Å². The number of hydrogen-bond donors (Lipinski definition) is 2. The van der Waals surface area contributed by atoms with Gasteiger partial charge in [0.2, 0.25) is 11.7 Å². The molecule has 118 valence electrons. The normalized spacial score (nSPS) is 11.7. The molecule has 21 heavy (non-hydrogen) atoms. The SMILES string of the molecule is CCCC(N)CC(=O)Nc1cc(OC)c(OC)c(OC)c1. The molecular formula is C15H24N2O4. The fourth-order valence-electron chi connectivity index (χ4n) is 2.08. The maximum absolute atomic E-state index is 11.9. The van der Waals surface area contributed by atoms with Crippen LogP contribution in [0.3, 0.4) is 0 Å². The highest BCUT2D eigenvalue weighted by atomic mass is 16.5. The third-order valence-corrected chi connectivity index (χ3v) is 3.06. The summed E-state index contributed by atoms with van der Waals surface area (Å²) < 4.78 is 15.7. The van der Waals surface area contributed by atoms with Crippen molar-refractivity contribution >= 4 is 11.6 Å². The average Bonchev–Trinajstić information content (AvgIpc) is 2.45. The van der Waals surface area contributed by atoms with E-state index >= 15 is 0 Å². The van der Waals surface area contributed by atoms with Gasteiger partial charge in [-0.05, 0) is 6.42 Å². The van der Waals surface area contributed by atoms with Crippen molar-refractivity contribution in [2.24, 2.45) is 5.73 Å². The highest BCUT2D eigenvalue weighted by Gasteiger charge is 2.15. The van der Waals surface area contributed by atoms with Crippen LogP contribution in [0.2, 0.25) is 0 Å². The minimum absolute atomic E-state index is 0.128. The standard InChI is InChI=1S/C15H24N2O4/c1-5-6-10(16)7-14(18)17-11-8-12(19-2)15(21-4)13(9-11)20-3/h8-10H,5-7,16H2,1-4H3,(H,17,18). The van der Waals surface area contributed by atoms with Gasteiger partial charge in [0.1, 0.15) is 0 Å². The molecule has 0 aromatic heterocycles. The lowest BCUT2D eigenvalue weighted by Crippen LogP contribution is -2.26. The Hall–Kier alpha value is -1.95. The second kappa shape index (κ2) is 8.36. The van der Waals surface area contributed by atoms with Crippen LogP contribution in [-0.2, 0) is 4.79 Å². The minimum atomic E-state index is -0.134. The van der Waals surface area contributed by atoms with E-state index in [-0.39, 0.29) is 18.4 Å². The van der Waals surface area contributed by atoms with E-state index in [0.29, 0.717) is 22.9 Å².